The molecule has 0 radical (unpaired) electrons. The van der Waals surface area contributed by atoms with E-state index in [1.165, 1.54) is 11.3 Å². The molecule has 0 spiro atoms. The maximum absolute atomic E-state index is 11.9. The summed E-state index contributed by atoms with van der Waals surface area (Å²) in [5, 5.41) is 11.5. The molecule has 2 rings (SSSR count). The number of carbonyl (C=O) groups excluding carboxylic acids is 1. The van der Waals surface area contributed by atoms with Gasteiger partial charge in [0.15, 0.2) is 0 Å². The Morgan fingerprint density at radius 1 is 1.33 bits per heavy atom. The highest BCUT2D eigenvalue weighted by Crippen LogP contribution is 2.23. The van der Waals surface area contributed by atoms with Gasteiger partial charge in [-0.25, -0.2) is 0 Å². The van der Waals surface area contributed by atoms with Crippen LogP contribution in [0.4, 0.5) is 0 Å². The summed E-state index contributed by atoms with van der Waals surface area (Å²) >= 11 is 1.38. The summed E-state index contributed by atoms with van der Waals surface area (Å²) in [5.74, 6) is -0.0732. The van der Waals surface area contributed by atoms with Gasteiger partial charge in [-0.1, -0.05) is 12.1 Å². The van der Waals surface area contributed by atoms with Gasteiger partial charge in [0.2, 0.25) is 5.78 Å². The summed E-state index contributed by atoms with van der Waals surface area (Å²) < 4.78 is 0. The van der Waals surface area contributed by atoms with Gasteiger partial charge in [0, 0.05) is 0 Å². The van der Waals surface area contributed by atoms with E-state index in [0.29, 0.717) is 10.4 Å². The molecule has 0 unspecified atom stereocenters. The van der Waals surface area contributed by atoms with Crippen LogP contribution in [0.5, 0.6) is 5.75 Å². The average molecular weight is 218 g/mol. The molecule has 0 aliphatic heterocycles. The van der Waals surface area contributed by atoms with Crippen molar-refractivity contribution in [2.75, 3.05) is 0 Å². The number of hydrogen-bond acceptors (Lipinski definition) is 3. The Balaban J connectivity index is 2.42. The van der Waals surface area contributed by atoms with Crippen LogP contribution in [0, 0.1) is 6.92 Å². The molecule has 2 aromatic rings. The van der Waals surface area contributed by atoms with E-state index in [1.807, 2.05) is 24.4 Å². The molecule has 0 atom stereocenters. The summed E-state index contributed by atoms with van der Waals surface area (Å²) in [4.78, 5) is 12.5. The van der Waals surface area contributed by atoms with E-state index < -0.39 is 0 Å². The Hall–Kier alpha value is -1.61. The van der Waals surface area contributed by atoms with Crippen LogP contribution in [-0.4, -0.2) is 10.9 Å². The lowest BCUT2D eigenvalue weighted by molar-refractivity contribution is 0.104. The van der Waals surface area contributed by atoms with E-state index in [4.69, 9.17) is 0 Å². The topological polar surface area (TPSA) is 37.3 Å². The SMILES string of the molecule is Cc1ccc(C(=O)c2cccs2)c(O)c1. The molecular formula is C12H10O2S. The Morgan fingerprint density at radius 2 is 2.13 bits per heavy atom. The van der Waals surface area contributed by atoms with Crippen LogP contribution in [0.15, 0.2) is 35.7 Å². The fourth-order valence-electron chi connectivity index (χ4n) is 1.37. The number of aryl methyl sites for hydroxylation is 1. The Morgan fingerprint density at radius 3 is 2.73 bits per heavy atom. The van der Waals surface area contributed by atoms with Crippen LogP contribution < -0.4 is 0 Å². The van der Waals surface area contributed by atoms with Gasteiger partial charge in [0.1, 0.15) is 5.75 Å². The monoisotopic (exact) mass is 218 g/mol. The zero-order valence-electron chi connectivity index (χ0n) is 8.23. The van der Waals surface area contributed by atoms with E-state index in [0.717, 1.165) is 5.56 Å². The molecule has 0 aliphatic rings. The summed E-state index contributed by atoms with van der Waals surface area (Å²) in [6, 6.07) is 8.66. The van der Waals surface area contributed by atoms with Crippen LogP contribution in [-0.2, 0) is 0 Å². The number of phenolic OH excluding ortho intramolecular Hbond substituents is 1. The van der Waals surface area contributed by atoms with Crippen molar-refractivity contribution in [3.8, 4) is 5.75 Å². The predicted octanol–water partition coefficient (Wildman–Crippen LogP) is 2.99. The molecule has 1 N–H and O–H groups in total. The molecule has 0 fully saturated rings. The standard InChI is InChI=1S/C12H10O2S/c1-8-4-5-9(10(13)7-8)12(14)11-3-2-6-15-11/h2-7,13H,1H3. The zero-order chi connectivity index (χ0) is 10.8. The Bertz CT molecular complexity index is 486. The lowest BCUT2D eigenvalue weighted by atomic mass is 10.1. The largest absolute Gasteiger partial charge is 0.507 e. The molecule has 0 amide bonds. The van der Waals surface area contributed by atoms with Crippen LogP contribution in [0.3, 0.4) is 0 Å². The fraction of sp³-hybridized carbons (Fsp3) is 0.0833. The molecule has 3 heteroatoms. The number of thiophene rings is 1. The summed E-state index contributed by atoms with van der Waals surface area (Å²) in [5.41, 5.74) is 1.30. The van der Waals surface area contributed by atoms with E-state index >= 15 is 0 Å². The molecule has 76 valence electrons. The van der Waals surface area contributed by atoms with Crippen LogP contribution in [0.1, 0.15) is 20.8 Å². The average Bonchev–Trinajstić information content (AvgIpc) is 2.69. The second kappa shape index (κ2) is 3.87. The van der Waals surface area contributed by atoms with Gasteiger partial charge in [-0.05, 0) is 36.1 Å². The second-order valence-electron chi connectivity index (χ2n) is 3.33. The molecule has 0 saturated carbocycles. The quantitative estimate of drug-likeness (QED) is 0.787. The number of phenols is 1. The maximum Gasteiger partial charge on any atom is 0.206 e. The summed E-state index contributed by atoms with van der Waals surface area (Å²) in [6.45, 7) is 1.87. The molecule has 0 saturated heterocycles. The second-order valence-corrected chi connectivity index (χ2v) is 4.27. The third-order valence-corrected chi connectivity index (χ3v) is 3.01. The van der Waals surface area contributed by atoms with E-state index in [1.54, 1.807) is 18.2 Å². The number of hydrogen-bond donors (Lipinski definition) is 1. The molecule has 0 aliphatic carbocycles. The number of carbonyl (C=O) groups is 1. The van der Waals surface area contributed by atoms with E-state index in [-0.39, 0.29) is 11.5 Å². The highest BCUT2D eigenvalue weighted by atomic mass is 32.1. The lowest BCUT2D eigenvalue weighted by Crippen LogP contribution is -1.98. The van der Waals surface area contributed by atoms with Crippen molar-refractivity contribution in [2.45, 2.75) is 6.92 Å². The molecular weight excluding hydrogens is 208 g/mol. The molecule has 0 bridgehead atoms. The highest BCUT2D eigenvalue weighted by molar-refractivity contribution is 7.12. The number of ketones is 1. The molecule has 1 heterocycles. The van der Waals surface area contributed by atoms with Gasteiger partial charge >= 0.3 is 0 Å². The lowest BCUT2D eigenvalue weighted by Gasteiger charge is -2.02. The van der Waals surface area contributed by atoms with Gasteiger partial charge in [-0.2, -0.15) is 0 Å². The highest BCUT2D eigenvalue weighted by Gasteiger charge is 2.13. The normalized spacial score (nSPS) is 10.2. The zero-order valence-corrected chi connectivity index (χ0v) is 9.04. The molecule has 2 nitrogen and oxygen atoms in total. The third kappa shape index (κ3) is 1.92. The van der Waals surface area contributed by atoms with Gasteiger partial charge in [-0.15, -0.1) is 11.3 Å². The van der Waals surface area contributed by atoms with Gasteiger partial charge in [-0.3, -0.25) is 4.79 Å². The minimum atomic E-state index is -0.123. The number of benzene rings is 1. The van der Waals surface area contributed by atoms with Crippen molar-refractivity contribution in [2.24, 2.45) is 0 Å². The van der Waals surface area contributed by atoms with Crippen LogP contribution in [0.25, 0.3) is 0 Å². The van der Waals surface area contributed by atoms with Crippen LogP contribution in [0.2, 0.25) is 0 Å². The first-order chi connectivity index (χ1) is 7.18. The first kappa shape index (κ1) is 9.93. The van der Waals surface area contributed by atoms with Crippen molar-refractivity contribution in [1.29, 1.82) is 0 Å². The smallest absolute Gasteiger partial charge is 0.206 e. The fourth-order valence-corrected chi connectivity index (χ4v) is 2.05. The van der Waals surface area contributed by atoms with Crippen molar-refractivity contribution in [3.05, 3.63) is 51.7 Å². The number of aromatic hydroxyl groups is 1. The molecule has 1 aromatic heterocycles. The van der Waals surface area contributed by atoms with E-state index in [9.17, 15) is 9.90 Å². The number of rotatable bonds is 2. The first-order valence-corrected chi connectivity index (χ1v) is 5.44. The van der Waals surface area contributed by atoms with E-state index in [2.05, 4.69) is 0 Å². The predicted molar refractivity (Wildman–Crippen MR) is 60.6 cm³/mol. The van der Waals surface area contributed by atoms with Crippen molar-refractivity contribution in [3.63, 3.8) is 0 Å². The maximum atomic E-state index is 11.9. The van der Waals surface area contributed by atoms with Crippen molar-refractivity contribution < 1.29 is 9.90 Å². The van der Waals surface area contributed by atoms with Crippen molar-refractivity contribution in [1.82, 2.24) is 0 Å². The Kier molecular flexibility index (Phi) is 2.56. The third-order valence-electron chi connectivity index (χ3n) is 2.14. The van der Waals surface area contributed by atoms with Gasteiger partial charge in [0.25, 0.3) is 0 Å². The van der Waals surface area contributed by atoms with Crippen LogP contribution >= 0.6 is 11.3 Å². The first-order valence-electron chi connectivity index (χ1n) is 4.56. The van der Waals surface area contributed by atoms with Gasteiger partial charge < -0.3 is 5.11 Å². The molecule has 1 aromatic carbocycles. The Labute approximate surface area is 91.8 Å². The molecule has 15 heavy (non-hydrogen) atoms. The minimum absolute atomic E-state index is 0.0494. The summed E-state index contributed by atoms with van der Waals surface area (Å²) in [7, 11) is 0. The minimum Gasteiger partial charge on any atom is -0.507 e. The summed E-state index contributed by atoms with van der Waals surface area (Å²) in [6.07, 6.45) is 0. The van der Waals surface area contributed by atoms with Crippen molar-refractivity contribution >= 4 is 17.1 Å². The van der Waals surface area contributed by atoms with Gasteiger partial charge in [0.05, 0.1) is 10.4 Å².